The molecule has 0 radical (unpaired) electrons. The maximum Gasteiger partial charge on any atom is 0.329 e. The molecule has 0 aliphatic heterocycles. The molecule has 96 valence electrons. The van der Waals surface area contributed by atoms with Crippen LogP contribution in [-0.4, -0.2) is 34.6 Å². The number of aromatic amines is 1. The third kappa shape index (κ3) is 3.20. The van der Waals surface area contributed by atoms with Gasteiger partial charge in [-0.25, -0.2) is 4.79 Å². The van der Waals surface area contributed by atoms with Crippen molar-refractivity contribution in [1.82, 2.24) is 14.5 Å². The minimum absolute atomic E-state index is 0.155. The molecule has 0 amide bonds. The Morgan fingerprint density at radius 2 is 2.00 bits per heavy atom. The minimum atomic E-state index is -0.443. The molecule has 1 rings (SSSR count). The molecule has 0 bridgehead atoms. The van der Waals surface area contributed by atoms with Gasteiger partial charge in [-0.15, -0.1) is 0 Å². The molecule has 1 N–H and O–H groups in total. The van der Waals surface area contributed by atoms with Crippen LogP contribution >= 0.6 is 11.6 Å². The molecule has 0 saturated carbocycles. The summed E-state index contributed by atoms with van der Waals surface area (Å²) in [6.45, 7) is 5.77. The Labute approximate surface area is 105 Å². The predicted molar refractivity (Wildman–Crippen MR) is 68.9 cm³/mol. The molecule has 0 saturated heterocycles. The number of nitrogens with one attached hydrogen (secondary N) is 1. The van der Waals surface area contributed by atoms with Crippen LogP contribution < -0.4 is 11.2 Å². The third-order valence-electron chi connectivity index (χ3n) is 2.83. The van der Waals surface area contributed by atoms with Gasteiger partial charge in [0.2, 0.25) is 0 Å². The molecule has 0 fully saturated rings. The second kappa shape index (κ2) is 6.02. The summed E-state index contributed by atoms with van der Waals surface area (Å²) in [6, 6.07) is 0. The first-order valence-corrected chi connectivity index (χ1v) is 6.09. The highest BCUT2D eigenvalue weighted by Crippen LogP contribution is 2.05. The average molecular weight is 260 g/mol. The van der Waals surface area contributed by atoms with E-state index in [4.69, 9.17) is 11.6 Å². The number of H-pyrrole nitrogens is 1. The van der Waals surface area contributed by atoms with Crippen molar-refractivity contribution in [3.63, 3.8) is 0 Å². The molecule has 0 aliphatic carbocycles. The lowest BCUT2D eigenvalue weighted by Gasteiger charge is -2.14. The van der Waals surface area contributed by atoms with Crippen LogP contribution in [0.15, 0.2) is 9.59 Å². The van der Waals surface area contributed by atoms with Gasteiger partial charge in [0, 0.05) is 13.1 Å². The van der Waals surface area contributed by atoms with E-state index in [2.05, 4.69) is 4.98 Å². The standard InChI is InChI=1S/C11H18ClN3O2/c1-4-8-9(12)13-11(17)15(10(8)16)7-6-14(3)5-2/h4-7H2,1-3H3,(H,13,17). The summed E-state index contributed by atoms with van der Waals surface area (Å²) < 4.78 is 1.21. The summed E-state index contributed by atoms with van der Waals surface area (Å²) in [6.07, 6.45) is 0.512. The highest BCUT2D eigenvalue weighted by Gasteiger charge is 2.11. The number of nitrogens with zero attached hydrogens (tertiary/aromatic N) is 2. The smallest absolute Gasteiger partial charge is 0.305 e. The van der Waals surface area contributed by atoms with Gasteiger partial charge in [-0.2, -0.15) is 0 Å². The number of halogens is 1. The highest BCUT2D eigenvalue weighted by atomic mass is 35.5. The van der Waals surface area contributed by atoms with Gasteiger partial charge in [-0.05, 0) is 20.0 Å². The summed E-state index contributed by atoms with van der Waals surface area (Å²) >= 11 is 5.82. The van der Waals surface area contributed by atoms with Gasteiger partial charge in [0.1, 0.15) is 5.15 Å². The molecular formula is C11H18ClN3O2. The Balaban J connectivity index is 3.08. The molecule has 5 nitrogen and oxygen atoms in total. The molecule has 6 heteroatoms. The maximum absolute atomic E-state index is 12.0. The van der Waals surface area contributed by atoms with Crippen LogP contribution in [0.2, 0.25) is 5.15 Å². The largest absolute Gasteiger partial charge is 0.329 e. The summed E-state index contributed by atoms with van der Waals surface area (Å²) in [4.78, 5) is 28.1. The van der Waals surface area contributed by atoms with Crippen LogP contribution in [0.1, 0.15) is 19.4 Å². The van der Waals surface area contributed by atoms with Gasteiger partial charge in [0.05, 0.1) is 5.56 Å². The first-order valence-electron chi connectivity index (χ1n) is 5.71. The molecule has 0 spiro atoms. The molecule has 17 heavy (non-hydrogen) atoms. The molecule has 1 aromatic rings. The second-order valence-electron chi connectivity index (χ2n) is 3.93. The minimum Gasteiger partial charge on any atom is -0.305 e. The van der Waals surface area contributed by atoms with E-state index in [1.807, 2.05) is 25.8 Å². The number of rotatable bonds is 5. The van der Waals surface area contributed by atoms with Crippen molar-refractivity contribution in [2.75, 3.05) is 20.1 Å². The molecule has 1 heterocycles. The Morgan fingerprint density at radius 3 is 2.53 bits per heavy atom. The second-order valence-corrected chi connectivity index (χ2v) is 4.31. The molecular weight excluding hydrogens is 242 g/mol. The van der Waals surface area contributed by atoms with Crippen LogP contribution in [0.25, 0.3) is 0 Å². The van der Waals surface area contributed by atoms with E-state index >= 15 is 0 Å². The van der Waals surface area contributed by atoms with Crippen LogP contribution in [0.5, 0.6) is 0 Å². The van der Waals surface area contributed by atoms with Gasteiger partial charge in [-0.3, -0.25) is 14.3 Å². The molecule has 1 aromatic heterocycles. The zero-order valence-corrected chi connectivity index (χ0v) is 11.2. The van der Waals surface area contributed by atoms with Crippen molar-refractivity contribution < 1.29 is 0 Å². The Morgan fingerprint density at radius 1 is 1.35 bits per heavy atom. The summed E-state index contributed by atoms with van der Waals surface area (Å²) in [5.74, 6) is 0. The lowest BCUT2D eigenvalue weighted by Crippen LogP contribution is -2.40. The zero-order valence-electron chi connectivity index (χ0n) is 10.4. The van der Waals surface area contributed by atoms with Crippen molar-refractivity contribution in [1.29, 1.82) is 0 Å². The monoisotopic (exact) mass is 259 g/mol. The van der Waals surface area contributed by atoms with Gasteiger partial charge >= 0.3 is 5.69 Å². The molecule has 0 unspecified atom stereocenters. The third-order valence-corrected chi connectivity index (χ3v) is 3.15. The van der Waals surface area contributed by atoms with E-state index < -0.39 is 5.69 Å². The molecule has 0 atom stereocenters. The van der Waals surface area contributed by atoms with E-state index in [0.29, 0.717) is 25.1 Å². The van der Waals surface area contributed by atoms with Gasteiger partial charge in [0.15, 0.2) is 0 Å². The quantitative estimate of drug-likeness (QED) is 0.792. The SMILES string of the molecule is CCc1c(Cl)[nH]c(=O)n(CCN(C)CC)c1=O. The van der Waals surface area contributed by atoms with Crippen LogP contribution in [0.3, 0.4) is 0 Å². The average Bonchev–Trinajstić information content (AvgIpc) is 2.28. The van der Waals surface area contributed by atoms with Crippen LogP contribution in [0, 0.1) is 0 Å². The Hall–Kier alpha value is -1.07. The van der Waals surface area contributed by atoms with E-state index in [1.54, 1.807) is 0 Å². The van der Waals surface area contributed by atoms with Gasteiger partial charge in [0.25, 0.3) is 5.56 Å². The lowest BCUT2D eigenvalue weighted by atomic mass is 10.2. The van der Waals surface area contributed by atoms with E-state index in [1.165, 1.54) is 4.57 Å². The van der Waals surface area contributed by atoms with Crippen molar-refractivity contribution in [2.45, 2.75) is 26.8 Å². The van der Waals surface area contributed by atoms with Gasteiger partial charge in [-0.1, -0.05) is 25.4 Å². The number of aromatic nitrogens is 2. The lowest BCUT2D eigenvalue weighted by molar-refractivity contribution is 0.330. The van der Waals surface area contributed by atoms with Crippen molar-refractivity contribution in [2.24, 2.45) is 0 Å². The molecule has 0 aromatic carbocycles. The number of hydrogen-bond donors (Lipinski definition) is 1. The van der Waals surface area contributed by atoms with Crippen LogP contribution in [-0.2, 0) is 13.0 Å². The van der Waals surface area contributed by atoms with Crippen molar-refractivity contribution in [3.05, 3.63) is 31.6 Å². The fourth-order valence-electron chi connectivity index (χ4n) is 1.52. The number of hydrogen-bond acceptors (Lipinski definition) is 3. The first kappa shape index (κ1) is 14.0. The van der Waals surface area contributed by atoms with E-state index in [-0.39, 0.29) is 10.7 Å². The fraction of sp³-hybridized carbons (Fsp3) is 0.636. The maximum atomic E-state index is 12.0. The van der Waals surface area contributed by atoms with Gasteiger partial charge < -0.3 is 4.90 Å². The Kier molecular flexibility index (Phi) is 4.96. The van der Waals surface area contributed by atoms with E-state index in [9.17, 15) is 9.59 Å². The Bertz CT molecular complexity index is 492. The zero-order chi connectivity index (χ0) is 13.0. The van der Waals surface area contributed by atoms with Crippen LogP contribution in [0.4, 0.5) is 0 Å². The van der Waals surface area contributed by atoms with E-state index in [0.717, 1.165) is 6.54 Å². The highest BCUT2D eigenvalue weighted by molar-refractivity contribution is 6.30. The van der Waals surface area contributed by atoms with Crippen molar-refractivity contribution in [3.8, 4) is 0 Å². The van der Waals surface area contributed by atoms with Crippen molar-refractivity contribution >= 4 is 11.6 Å². The summed E-state index contributed by atoms with van der Waals surface area (Å²) in [7, 11) is 1.94. The number of likely N-dealkylation sites (N-methyl/N-ethyl adjacent to an activating group) is 1. The topological polar surface area (TPSA) is 58.1 Å². The predicted octanol–water partition coefficient (Wildman–Crippen LogP) is 0.704. The fourth-order valence-corrected chi connectivity index (χ4v) is 1.82. The normalized spacial score (nSPS) is 11.1. The summed E-state index contributed by atoms with van der Waals surface area (Å²) in [5.41, 5.74) is -0.266. The summed E-state index contributed by atoms with van der Waals surface area (Å²) in [5, 5.41) is 0.155. The molecule has 0 aliphatic rings. The first-order chi connectivity index (χ1) is 8.01.